The number of aryl methyl sites for hydroxylation is 1. The number of aromatic nitrogens is 2. The molecule has 1 aromatic heterocycles. The topological polar surface area (TPSA) is 75.5 Å². The molecule has 6 nitrogen and oxygen atoms in total. The molecule has 2 atom stereocenters. The summed E-state index contributed by atoms with van der Waals surface area (Å²) in [6, 6.07) is 20.3. The highest BCUT2D eigenvalue weighted by Gasteiger charge is 2.51. The molecule has 2 aromatic carbocycles. The Hall–Kier alpha value is -3.25. The summed E-state index contributed by atoms with van der Waals surface area (Å²) in [5.41, 5.74) is 5.22. The van der Waals surface area contributed by atoms with Crippen LogP contribution in [-0.4, -0.2) is 45.0 Å². The molecular weight excluding hydrogens is 414 g/mol. The number of carbonyl (C=O) groups is 1. The Morgan fingerprint density at radius 1 is 0.970 bits per heavy atom. The van der Waals surface area contributed by atoms with Gasteiger partial charge in [-0.3, -0.25) is 0 Å². The Kier molecular flexibility index (Phi) is 4.73. The lowest BCUT2D eigenvalue weighted by atomic mass is 9.83. The van der Waals surface area contributed by atoms with E-state index in [1.54, 1.807) is 0 Å². The fraction of sp³-hybridized carbons (Fsp3) is 0.370. The molecule has 0 saturated carbocycles. The standard InChI is InChI=1S/C27H27N3O3/c1-17-10-13-25(29-28-17)27(32)14-18-11-12-19(15-27)30(18)26(31)33-16-24-22-8-4-2-6-20(22)21-7-3-5-9-23(21)24/h2-10,13,18-19,24,32H,11-12,14-16H2,1H3. The summed E-state index contributed by atoms with van der Waals surface area (Å²) in [6.07, 6.45) is 2.39. The average molecular weight is 442 g/mol. The Morgan fingerprint density at radius 3 is 2.15 bits per heavy atom. The quantitative estimate of drug-likeness (QED) is 0.645. The van der Waals surface area contributed by atoms with Gasteiger partial charge in [0.2, 0.25) is 0 Å². The first-order valence-electron chi connectivity index (χ1n) is 11.7. The van der Waals surface area contributed by atoms with Crippen molar-refractivity contribution in [3.05, 3.63) is 83.2 Å². The summed E-state index contributed by atoms with van der Waals surface area (Å²) in [5, 5.41) is 19.7. The lowest BCUT2D eigenvalue weighted by Gasteiger charge is -2.42. The van der Waals surface area contributed by atoms with E-state index in [1.807, 2.05) is 36.1 Å². The lowest BCUT2D eigenvalue weighted by molar-refractivity contribution is -0.0564. The van der Waals surface area contributed by atoms with Gasteiger partial charge in [-0.05, 0) is 54.2 Å². The van der Waals surface area contributed by atoms with Crippen molar-refractivity contribution in [1.29, 1.82) is 0 Å². The Balaban J connectivity index is 1.18. The fourth-order valence-corrected chi connectivity index (χ4v) is 6.05. The van der Waals surface area contributed by atoms with Gasteiger partial charge in [0.05, 0.1) is 11.4 Å². The third kappa shape index (κ3) is 3.32. The molecule has 2 bridgehead atoms. The van der Waals surface area contributed by atoms with Crippen LogP contribution in [0.5, 0.6) is 0 Å². The predicted octanol–water partition coefficient (Wildman–Crippen LogP) is 4.55. The van der Waals surface area contributed by atoms with Gasteiger partial charge in [0.15, 0.2) is 0 Å². The third-order valence-corrected chi connectivity index (χ3v) is 7.59. The number of hydrogen-bond donors (Lipinski definition) is 1. The van der Waals surface area contributed by atoms with E-state index in [4.69, 9.17) is 4.74 Å². The number of ether oxygens (including phenoxy) is 1. The molecule has 2 aliphatic heterocycles. The van der Waals surface area contributed by atoms with E-state index < -0.39 is 5.60 Å². The zero-order valence-electron chi connectivity index (χ0n) is 18.6. The molecule has 2 fully saturated rings. The zero-order valence-corrected chi connectivity index (χ0v) is 18.6. The van der Waals surface area contributed by atoms with Gasteiger partial charge in [-0.2, -0.15) is 10.2 Å². The molecule has 1 aliphatic carbocycles. The van der Waals surface area contributed by atoms with Gasteiger partial charge < -0.3 is 14.7 Å². The highest BCUT2D eigenvalue weighted by molar-refractivity contribution is 5.79. The van der Waals surface area contributed by atoms with Crippen LogP contribution >= 0.6 is 0 Å². The average Bonchev–Trinajstić information content (AvgIpc) is 3.30. The number of nitrogens with zero attached hydrogens (tertiary/aromatic N) is 3. The second-order valence-corrected chi connectivity index (χ2v) is 9.60. The number of rotatable bonds is 3. The Labute approximate surface area is 193 Å². The molecule has 3 aromatic rings. The van der Waals surface area contributed by atoms with E-state index in [0.717, 1.165) is 18.5 Å². The van der Waals surface area contributed by atoms with E-state index in [1.165, 1.54) is 22.3 Å². The van der Waals surface area contributed by atoms with Crippen molar-refractivity contribution >= 4 is 6.09 Å². The highest BCUT2D eigenvalue weighted by Crippen LogP contribution is 2.47. The Morgan fingerprint density at radius 2 is 1.58 bits per heavy atom. The second-order valence-electron chi connectivity index (χ2n) is 9.60. The van der Waals surface area contributed by atoms with Crippen LogP contribution in [0.3, 0.4) is 0 Å². The van der Waals surface area contributed by atoms with E-state index >= 15 is 0 Å². The minimum Gasteiger partial charge on any atom is -0.448 e. The molecule has 0 spiro atoms. The molecule has 1 N–H and O–H groups in total. The maximum atomic E-state index is 13.2. The van der Waals surface area contributed by atoms with E-state index in [2.05, 4.69) is 46.6 Å². The highest BCUT2D eigenvalue weighted by atomic mass is 16.6. The van der Waals surface area contributed by atoms with E-state index in [-0.39, 0.29) is 24.1 Å². The SMILES string of the molecule is Cc1ccc(C2(O)CC3CCC(C2)N3C(=O)OCC2c3ccccc3-c3ccccc32)nn1. The first-order valence-corrected chi connectivity index (χ1v) is 11.7. The van der Waals surface area contributed by atoms with Crippen LogP contribution in [0.2, 0.25) is 0 Å². The molecule has 33 heavy (non-hydrogen) atoms. The van der Waals surface area contributed by atoms with Crippen molar-refractivity contribution in [3.63, 3.8) is 0 Å². The van der Waals surface area contributed by atoms with Gasteiger partial charge in [0, 0.05) is 30.8 Å². The molecule has 0 radical (unpaired) electrons. The van der Waals surface area contributed by atoms with Crippen LogP contribution in [-0.2, 0) is 10.3 Å². The van der Waals surface area contributed by atoms with E-state index in [0.29, 0.717) is 25.1 Å². The van der Waals surface area contributed by atoms with Crippen molar-refractivity contribution in [1.82, 2.24) is 15.1 Å². The van der Waals surface area contributed by atoms with Crippen molar-refractivity contribution in [2.24, 2.45) is 0 Å². The number of benzene rings is 2. The van der Waals surface area contributed by atoms with Gasteiger partial charge in [-0.1, -0.05) is 48.5 Å². The number of fused-ring (bicyclic) bond motifs is 5. The number of aliphatic hydroxyl groups is 1. The van der Waals surface area contributed by atoms with Crippen LogP contribution in [0.4, 0.5) is 4.79 Å². The van der Waals surface area contributed by atoms with Crippen LogP contribution in [0.15, 0.2) is 60.7 Å². The predicted molar refractivity (Wildman–Crippen MR) is 124 cm³/mol. The monoisotopic (exact) mass is 441 g/mol. The maximum absolute atomic E-state index is 13.2. The van der Waals surface area contributed by atoms with Crippen LogP contribution < -0.4 is 0 Å². The fourth-order valence-electron chi connectivity index (χ4n) is 6.05. The number of hydrogen-bond acceptors (Lipinski definition) is 5. The molecule has 3 aliphatic rings. The lowest BCUT2D eigenvalue weighted by Crippen LogP contribution is -2.52. The van der Waals surface area contributed by atoms with Gasteiger partial charge in [-0.25, -0.2) is 4.79 Å². The first kappa shape index (κ1) is 20.4. The summed E-state index contributed by atoms with van der Waals surface area (Å²) in [6.45, 7) is 2.20. The van der Waals surface area contributed by atoms with Crippen molar-refractivity contribution in [2.45, 2.75) is 56.2 Å². The Bertz CT molecular complexity index is 1150. The van der Waals surface area contributed by atoms with Crippen molar-refractivity contribution in [2.75, 3.05) is 6.61 Å². The number of amides is 1. The van der Waals surface area contributed by atoms with Gasteiger partial charge in [0.25, 0.3) is 0 Å². The zero-order chi connectivity index (χ0) is 22.6. The number of carbonyl (C=O) groups excluding carboxylic acids is 1. The first-order chi connectivity index (χ1) is 16.0. The molecule has 6 heteroatoms. The molecule has 168 valence electrons. The number of piperidine rings is 1. The summed E-state index contributed by atoms with van der Waals surface area (Å²) >= 11 is 0. The summed E-state index contributed by atoms with van der Waals surface area (Å²) in [5.74, 6) is 0.0450. The molecule has 3 heterocycles. The molecule has 2 unspecified atom stereocenters. The van der Waals surface area contributed by atoms with Gasteiger partial charge in [0.1, 0.15) is 12.2 Å². The van der Waals surface area contributed by atoms with Crippen molar-refractivity contribution < 1.29 is 14.6 Å². The summed E-state index contributed by atoms with van der Waals surface area (Å²) in [7, 11) is 0. The normalized spacial score (nSPS) is 25.6. The smallest absolute Gasteiger partial charge is 0.410 e. The minimum absolute atomic E-state index is 0.0450. The molecule has 6 rings (SSSR count). The molecule has 2 saturated heterocycles. The maximum Gasteiger partial charge on any atom is 0.410 e. The third-order valence-electron chi connectivity index (χ3n) is 7.59. The second kappa shape index (κ2) is 7.66. The van der Waals surface area contributed by atoms with Crippen LogP contribution in [0.25, 0.3) is 11.1 Å². The van der Waals surface area contributed by atoms with Crippen LogP contribution in [0.1, 0.15) is 54.1 Å². The minimum atomic E-state index is -1.05. The van der Waals surface area contributed by atoms with Gasteiger partial charge >= 0.3 is 6.09 Å². The van der Waals surface area contributed by atoms with Crippen molar-refractivity contribution in [3.8, 4) is 11.1 Å². The largest absolute Gasteiger partial charge is 0.448 e. The summed E-state index contributed by atoms with van der Waals surface area (Å²) < 4.78 is 5.93. The molecular formula is C27H27N3O3. The molecule has 1 amide bonds. The summed E-state index contributed by atoms with van der Waals surface area (Å²) in [4.78, 5) is 15.1. The van der Waals surface area contributed by atoms with Gasteiger partial charge in [-0.15, -0.1) is 0 Å². The van der Waals surface area contributed by atoms with E-state index in [9.17, 15) is 9.90 Å². The van der Waals surface area contributed by atoms with Crippen LogP contribution in [0, 0.1) is 6.92 Å².